The number of rotatable bonds is 2. The predicted octanol–water partition coefficient (Wildman–Crippen LogP) is 3.07. The van der Waals surface area contributed by atoms with Crippen LogP contribution in [0.15, 0.2) is 0 Å². The molecule has 0 aromatic carbocycles. The molecule has 2 heteroatoms. The first-order chi connectivity index (χ1) is 6.77. The van der Waals surface area contributed by atoms with Crippen LogP contribution in [0.4, 0.5) is 0 Å². The van der Waals surface area contributed by atoms with E-state index in [-0.39, 0.29) is 0 Å². The Balaban J connectivity index is 1.97. The van der Waals surface area contributed by atoms with E-state index in [4.69, 9.17) is 5.11 Å². The lowest BCUT2D eigenvalue weighted by atomic mass is 9.65. The molecule has 3 atom stereocenters. The van der Waals surface area contributed by atoms with Crippen molar-refractivity contribution in [1.29, 1.82) is 0 Å². The molecule has 0 aliphatic heterocycles. The monoisotopic (exact) mass is 196 g/mol. The quantitative estimate of drug-likeness (QED) is 0.737. The summed E-state index contributed by atoms with van der Waals surface area (Å²) < 4.78 is 0. The van der Waals surface area contributed by atoms with Crippen molar-refractivity contribution in [3.05, 3.63) is 0 Å². The van der Waals surface area contributed by atoms with Gasteiger partial charge in [-0.1, -0.05) is 32.1 Å². The second kappa shape index (κ2) is 4.33. The topological polar surface area (TPSA) is 37.3 Å². The Morgan fingerprint density at radius 3 is 2.57 bits per heavy atom. The van der Waals surface area contributed by atoms with Crippen LogP contribution in [-0.2, 0) is 4.79 Å². The van der Waals surface area contributed by atoms with Crippen molar-refractivity contribution in [3.8, 4) is 0 Å². The zero-order chi connectivity index (χ0) is 9.97. The summed E-state index contributed by atoms with van der Waals surface area (Å²) >= 11 is 0. The second-order valence-corrected chi connectivity index (χ2v) is 5.00. The Morgan fingerprint density at radius 2 is 1.79 bits per heavy atom. The molecule has 80 valence electrons. The summed E-state index contributed by atoms with van der Waals surface area (Å²) in [6.07, 6.45) is 9.57. The van der Waals surface area contributed by atoms with Crippen molar-refractivity contribution in [2.24, 2.45) is 17.8 Å². The normalized spacial score (nSPS) is 37.6. The zero-order valence-electron chi connectivity index (χ0n) is 8.74. The van der Waals surface area contributed by atoms with E-state index in [1.807, 2.05) is 0 Å². The molecule has 2 fully saturated rings. The molecule has 1 N–H and O–H groups in total. The van der Waals surface area contributed by atoms with Crippen molar-refractivity contribution >= 4 is 5.97 Å². The first-order valence-electron chi connectivity index (χ1n) is 5.99. The molecule has 14 heavy (non-hydrogen) atoms. The van der Waals surface area contributed by atoms with Crippen LogP contribution in [-0.4, -0.2) is 11.1 Å². The van der Waals surface area contributed by atoms with Crippen molar-refractivity contribution in [1.82, 2.24) is 0 Å². The molecule has 0 bridgehead atoms. The molecular weight excluding hydrogens is 176 g/mol. The third kappa shape index (κ3) is 2.10. The number of hydrogen-bond acceptors (Lipinski definition) is 1. The molecule has 0 aromatic rings. The molecule has 2 aliphatic rings. The first-order valence-corrected chi connectivity index (χ1v) is 5.99. The summed E-state index contributed by atoms with van der Waals surface area (Å²) in [6.45, 7) is 0. The van der Waals surface area contributed by atoms with E-state index in [1.54, 1.807) is 0 Å². The summed E-state index contributed by atoms with van der Waals surface area (Å²) in [6, 6.07) is 0. The fourth-order valence-corrected chi connectivity index (χ4v) is 3.55. The maximum absolute atomic E-state index is 10.7. The van der Waals surface area contributed by atoms with E-state index >= 15 is 0 Å². The first kappa shape index (κ1) is 10.0. The highest BCUT2D eigenvalue weighted by molar-refractivity contribution is 5.67. The van der Waals surface area contributed by atoms with Crippen LogP contribution in [0.25, 0.3) is 0 Å². The van der Waals surface area contributed by atoms with Crippen LogP contribution < -0.4 is 0 Å². The maximum Gasteiger partial charge on any atom is 0.303 e. The predicted molar refractivity (Wildman–Crippen MR) is 55.0 cm³/mol. The van der Waals surface area contributed by atoms with Gasteiger partial charge in [0.05, 0.1) is 0 Å². The summed E-state index contributed by atoms with van der Waals surface area (Å²) in [5, 5.41) is 8.86. The molecule has 2 saturated carbocycles. The lowest BCUT2D eigenvalue weighted by Gasteiger charge is -2.40. The van der Waals surface area contributed by atoms with Crippen LogP contribution in [0, 0.1) is 17.8 Å². The number of aliphatic carboxylic acids is 1. The van der Waals surface area contributed by atoms with Crippen molar-refractivity contribution in [2.45, 2.75) is 51.4 Å². The molecule has 0 heterocycles. The average Bonchev–Trinajstić information content (AvgIpc) is 2.18. The number of carbonyl (C=O) groups is 1. The maximum atomic E-state index is 10.7. The van der Waals surface area contributed by atoms with Gasteiger partial charge in [-0.3, -0.25) is 4.79 Å². The molecule has 0 spiro atoms. The molecular formula is C12H20O2. The number of carboxylic acids is 1. The van der Waals surface area contributed by atoms with Crippen molar-refractivity contribution < 1.29 is 9.90 Å². The molecule has 0 saturated heterocycles. The fourth-order valence-electron chi connectivity index (χ4n) is 3.55. The molecule has 2 aliphatic carbocycles. The highest BCUT2D eigenvalue weighted by atomic mass is 16.4. The van der Waals surface area contributed by atoms with Crippen molar-refractivity contribution in [2.75, 3.05) is 0 Å². The minimum Gasteiger partial charge on any atom is -0.481 e. The van der Waals surface area contributed by atoms with Gasteiger partial charge >= 0.3 is 5.97 Å². The number of hydrogen-bond donors (Lipinski definition) is 1. The molecule has 2 nitrogen and oxygen atoms in total. The summed E-state index contributed by atoms with van der Waals surface area (Å²) in [7, 11) is 0. The van der Waals surface area contributed by atoms with E-state index in [2.05, 4.69) is 0 Å². The van der Waals surface area contributed by atoms with Crippen LogP contribution in [0.5, 0.6) is 0 Å². The van der Waals surface area contributed by atoms with Gasteiger partial charge < -0.3 is 5.11 Å². The SMILES string of the molecule is O=C(O)C[C@@H]1CCC[C@@H]2CCCC[C@@H]21. The third-order valence-corrected chi connectivity index (χ3v) is 4.16. The van der Waals surface area contributed by atoms with Gasteiger partial charge in [0.25, 0.3) is 0 Å². The minimum atomic E-state index is -0.596. The summed E-state index contributed by atoms with van der Waals surface area (Å²) in [4.78, 5) is 10.7. The van der Waals surface area contributed by atoms with Gasteiger partial charge in [-0.25, -0.2) is 0 Å². The Morgan fingerprint density at radius 1 is 1.07 bits per heavy atom. The molecule has 0 radical (unpaired) electrons. The van der Waals surface area contributed by atoms with Gasteiger partial charge in [0, 0.05) is 6.42 Å². The zero-order valence-corrected chi connectivity index (χ0v) is 8.74. The van der Waals surface area contributed by atoms with E-state index in [0.29, 0.717) is 12.3 Å². The number of carboxylic acid groups (broad SMARTS) is 1. The van der Waals surface area contributed by atoms with Crippen molar-refractivity contribution in [3.63, 3.8) is 0 Å². The Bertz CT molecular complexity index is 210. The summed E-state index contributed by atoms with van der Waals surface area (Å²) in [5.41, 5.74) is 0. The van der Waals surface area contributed by atoms with Crippen LogP contribution in [0.1, 0.15) is 51.4 Å². The highest BCUT2D eigenvalue weighted by Crippen LogP contribution is 2.44. The fraction of sp³-hybridized carbons (Fsp3) is 0.917. The smallest absolute Gasteiger partial charge is 0.303 e. The van der Waals surface area contributed by atoms with Gasteiger partial charge in [0.1, 0.15) is 0 Å². The van der Waals surface area contributed by atoms with Gasteiger partial charge in [-0.15, -0.1) is 0 Å². The van der Waals surface area contributed by atoms with E-state index in [1.165, 1.54) is 38.5 Å². The number of fused-ring (bicyclic) bond motifs is 1. The van der Waals surface area contributed by atoms with E-state index < -0.39 is 5.97 Å². The van der Waals surface area contributed by atoms with Gasteiger partial charge in [0.2, 0.25) is 0 Å². The lowest BCUT2D eigenvalue weighted by Crippen LogP contribution is -2.32. The van der Waals surface area contributed by atoms with Crippen LogP contribution in [0.3, 0.4) is 0 Å². The van der Waals surface area contributed by atoms with E-state index in [9.17, 15) is 4.79 Å². The average molecular weight is 196 g/mol. The largest absolute Gasteiger partial charge is 0.481 e. The van der Waals surface area contributed by atoms with Crippen LogP contribution >= 0.6 is 0 Å². The highest BCUT2D eigenvalue weighted by Gasteiger charge is 2.35. The standard InChI is InChI=1S/C12H20O2/c13-12(14)8-10-6-3-5-9-4-1-2-7-11(9)10/h9-11H,1-8H2,(H,13,14)/t9-,10-,11-/m0/s1. The Kier molecular flexibility index (Phi) is 3.09. The molecule has 0 unspecified atom stereocenters. The third-order valence-electron chi connectivity index (χ3n) is 4.16. The van der Waals surface area contributed by atoms with Gasteiger partial charge in [-0.2, -0.15) is 0 Å². The summed E-state index contributed by atoms with van der Waals surface area (Å²) in [5.74, 6) is 1.50. The van der Waals surface area contributed by atoms with E-state index in [0.717, 1.165) is 18.3 Å². The van der Waals surface area contributed by atoms with Gasteiger partial charge in [0.15, 0.2) is 0 Å². The second-order valence-electron chi connectivity index (χ2n) is 5.00. The Labute approximate surface area is 85.7 Å². The Hall–Kier alpha value is -0.530. The molecule has 0 amide bonds. The molecule has 0 aromatic heterocycles. The molecule has 2 rings (SSSR count). The lowest BCUT2D eigenvalue weighted by molar-refractivity contribution is -0.139. The van der Waals surface area contributed by atoms with Gasteiger partial charge in [-0.05, 0) is 30.6 Å². The minimum absolute atomic E-state index is 0.418. The van der Waals surface area contributed by atoms with Crippen LogP contribution in [0.2, 0.25) is 0 Å².